The molecule has 0 aliphatic carbocycles. The molecule has 1 aliphatic heterocycles. The van der Waals surface area contributed by atoms with Crippen molar-refractivity contribution >= 4 is 22.6 Å². The number of benzene rings is 1. The summed E-state index contributed by atoms with van der Waals surface area (Å²) in [6, 6.07) is 9.39. The molecule has 1 atom stereocenters. The van der Waals surface area contributed by atoms with Crippen LogP contribution < -0.4 is 10.6 Å². The van der Waals surface area contributed by atoms with Crippen LogP contribution >= 0.6 is 0 Å². The van der Waals surface area contributed by atoms with Gasteiger partial charge in [-0.2, -0.15) is 0 Å². The highest BCUT2D eigenvalue weighted by molar-refractivity contribution is 6.18. The minimum absolute atomic E-state index is 0.0311. The smallest absolute Gasteiger partial charge is 0.195 e. The summed E-state index contributed by atoms with van der Waals surface area (Å²) in [4.78, 5) is 26.7. The predicted octanol–water partition coefficient (Wildman–Crippen LogP) is 1.73. The zero-order valence-corrected chi connectivity index (χ0v) is 12.6. The lowest BCUT2D eigenvalue weighted by Gasteiger charge is -2.17. The van der Waals surface area contributed by atoms with E-state index < -0.39 is 0 Å². The second-order valence-electron chi connectivity index (χ2n) is 5.81. The number of aromatic amines is 1. The zero-order valence-electron chi connectivity index (χ0n) is 12.6. The van der Waals surface area contributed by atoms with Crippen molar-refractivity contribution in [3.05, 3.63) is 54.0 Å². The molecular weight excluding hydrogens is 290 g/mol. The fourth-order valence-electron chi connectivity index (χ4n) is 3.09. The molecule has 1 aliphatic rings. The van der Waals surface area contributed by atoms with Gasteiger partial charge in [0.15, 0.2) is 5.78 Å². The Morgan fingerprint density at radius 1 is 1.26 bits per heavy atom. The molecule has 0 amide bonds. The summed E-state index contributed by atoms with van der Waals surface area (Å²) < 4.78 is 0. The van der Waals surface area contributed by atoms with Gasteiger partial charge >= 0.3 is 0 Å². The second-order valence-corrected chi connectivity index (χ2v) is 5.81. The molecule has 6 nitrogen and oxygen atoms in total. The van der Waals surface area contributed by atoms with Crippen LogP contribution in [0.3, 0.4) is 0 Å². The number of ketones is 1. The minimum Gasteiger partial charge on any atom is -0.354 e. The number of nitrogens with one attached hydrogen (secondary N) is 1. The Morgan fingerprint density at radius 2 is 2.09 bits per heavy atom. The van der Waals surface area contributed by atoms with Gasteiger partial charge in [-0.15, -0.1) is 0 Å². The van der Waals surface area contributed by atoms with Crippen molar-refractivity contribution in [2.45, 2.75) is 12.5 Å². The topological polar surface area (TPSA) is 87.9 Å². The van der Waals surface area contributed by atoms with E-state index in [0.29, 0.717) is 16.8 Å². The Hall–Kier alpha value is -2.73. The van der Waals surface area contributed by atoms with Gasteiger partial charge in [0.1, 0.15) is 17.8 Å². The molecule has 1 fully saturated rings. The standard InChI is InChI=1S/C17H17N5O/c18-12-6-7-22(9-12)17-14-13(8-19-16(14)20-10-21-17)15(23)11-4-2-1-3-5-11/h1-5,8,10,12H,6-7,9,18H2,(H,19,20,21). The van der Waals surface area contributed by atoms with Crippen LogP contribution in [0.4, 0.5) is 5.82 Å². The van der Waals surface area contributed by atoms with Crippen LogP contribution in [-0.4, -0.2) is 39.9 Å². The summed E-state index contributed by atoms with van der Waals surface area (Å²) in [5, 5.41) is 0.774. The van der Waals surface area contributed by atoms with Crippen LogP contribution in [0.1, 0.15) is 22.3 Å². The summed E-state index contributed by atoms with van der Waals surface area (Å²) in [5.74, 6) is 0.750. The Morgan fingerprint density at radius 3 is 2.83 bits per heavy atom. The van der Waals surface area contributed by atoms with E-state index in [1.807, 2.05) is 30.3 Å². The number of nitrogens with zero attached hydrogens (tertiary/aromatic N) is 3. The molecule has 4 rings (SSSR count). The maximum Gasteiger partial charge on any atom is 0.195 e. The maximum atomic E-state index is 12.8. The average Bonchev–Trinajstić information content (AvgIpc) is 3.21. The number of H-pyrrole nitrogens is 1. The van der Waals surface area contributed by atoms with Crippen molar-refractivity contribution in [3.63, 3.8) is 0 Å². The number of fused-ring (bicyclic) bond motifs is 1. The average molecular weight is 307 g/mol. The molecule has 1 unspecified atom stereocenters. The summed E-state index contributed by atoms with van der Waals surface area (Å²) in [5.41, 5.74) is 7.94. The van der Waals surface area contributed by atoms with Gasteiger partial charge in [-0.1, -0.05) is 30.3 Å². The molecule has 1 saturated heterocycles. The molecule has 0 saturated carbocycles. The molecule has 0 spiro atoms. The summed E-state index contributed by atoms with van der Waals surface area (Å²) in [6.45, 7) is 1.59. The normalized spacial score (nSPS) is 17.8. The molecule has 2 aromatic heterocycles. The first-order valence-electron chi connectivity index (χ1n) is 7.66. The molecule has 3 N–H and O–H groups in total. The molecule has 1 aromatic carbocycles. The van der Waals surface area contributed by atoms with Gasteiger partial charge < -0.3 is 15.6 Å². The minimum atomic E-state index is -0.0311. The number of anilines is 1. The molecule has 0 bridgehead atoms. The Bertz CT molecular complexity index is 858. The van der Waals surface area contributed by atoms with Crippen LogP contribution in [0.25, 0.3) is 11.0 Å². The summed E-state index contributed by atoms with van der Waals surface area (Å²) in [7, 11) is 0. The van der Waals surface area contributed by atoms with E-state index in [1.54, 1.807) is 6.20 Å². The number of hydrogen-bond donors (Lipinski definition) is 2. The van der Waals surface area contributed by atoms with Gasteiger partial charge in [-0.3, -0.25) is 4.79 Å². The van der Waals surface area contributed by atoms with E-state index in [0.717, 1.165) is 30.7 Å². The van der Waals surface area contributed by atoms with E-state index in [2.05, 4.69) is 19.9 Å². The SMILES string of the molecule is NC1CCN(c2ncnc3[nH]cc(C(=O)c4ccccc4)c23)C1. The molecule has 3 aromatic rings. The summed E-state index contributed by atoms with van der Waals surface area (Å²) >= 11 is 0. The number of rotatable bonds is 3. The third kappa shape index (κ3) is 2.37. The predicted molar refractivity (Wildman–Crippen MR) is 88.6 cm³/mol. The highest BCUT2D eigenvalue weighted by Gasteiger charge is 2.25. The third-order valence-electron chi connectivity index (χ3n) is 4.25. The number of carbonyl (C=O) groups is 1. The van der Waals surface area contributed by atoms with Crippen LogP contribution in [-0.2, 0) is 0 Å². The largest absolute Gasteiger partial charge is 0.354 e. The van der Waals surface area contributed by atoms with Gasteiger partial charge in [0.25, 0.3) is 0 Å². The quantitative estimate of drug-likeness (QED) is 0.719. The fraction of sp³-hybridized carbons (Fsp3) is 0.235. The van der Waals surface area contributed by atoms with Crippen molar-refractivity contribution in [2.75, 3.05) is 18.0 Å². The van der Waals surface area contributed by atoms with Crippen LogP contribution in [0.15, 0.2) is 42.9 Å². The van der Waals surface area contributed by atoms with Gasteiger partial charge in [-0.05, 0) is 6.42 Å². The number of nitrogens with two attached hydrogens (primary N) is 1. The van der Waals surface area contributed by atoms with E-state index >= 15 is 0 Å². The van der Waals surface area contributed by atoms with E-state index in [4.69, 9.17) is 5.73 Å². The molecule has 0 radical (unpaired) electrons. The Labute approximate surface area is 133 Å². The van der Waals surface area contributed by atoms with Crippen LogP contribution in [0, 0.1) is 0 Å². The van der Waals surface area contributed by atoms with Crippen molar-refractivity contribution in [1.29, 1.82) is 0 Å². The number of aromatic nitrogens is 3. The van der Waals surface area contributed by atoms with Crippen LogP contribution in [0.5, 0.6) is 0 Å². The summed E-state index contributed by atoms with van der Waals surface area (Å²) in [6.07, 6.45) is 4.17. The van der Waals surface area contributed by atoms with Gasteiger partial charge in [0, 0.05) is 30.9 Å². The van der Waals surface area contributed by atoms with E-state index in [1.165, 1.54) is 6.33 Å². The van der Waals surface area contributed by atoms with Crippen molar-refractivity contribution in [2.24, 2.45) is 5.73 Å². The molecule has 3 heterocycles. The van der Waals surface area contributed by atoms with Crippen molar-refractivity contribution in [1.82, 2.24) is 15.0 Å². The maximum absolute atomic E-state index is 12.8. The second kappa shape index (κ2) is 5.48. The Balaban J connectivity index is 1.83. The lowest BCUT2D eigenvalue weighted by molar-refractivity contribution is 0.104. The lowest BCUT2D eigenvalue weighted by Crippen LogP contribution is -2.27. The van der Waals surface area contributed by atoms with E-state index in [9.17, 15) is 4.79 Å². The molecular formula is C17H17N5O. The number of hydrogen-bond acceptors (Lipinski definition) is 5. The van der Waals surface area contributed by atoms with Gasteiger partial charge in [0.05, 0.1) is 10.9 Å². The first-order valence-corrected chi connectivity index (χ1v) is 7.66. The van der Waals surface area contributed by atoms with Crippen molar-refractivity contribution < 1.29 is 4.79 Å². The first-order chi connectivity index (χ1) is 11.2. The van der Waals surface area contributed by atoms with Crippen LogP contribution in [0.2, 0.25) is 0 Å². The molecule has 23 heavy (non-hydrogen) atoms. The number of carbonyl (C=O) groups excluding carboxylic acids is 1. The first kappa shape index (κ1) is 13.9. The monoisotopic (exact) mass is 307 g/mol. The highest BCUT2D eigenvalue weighted by Crippen LogP contribution is 2.29. The van der Waals surface area contributed by atoms with Gasteiger partial charge in [0.2, 0.25) is 0 Å². The fourth-order valence-corrected chi connectivity index (χ4v) is 3.09. The lowest BCUT2D eigenvalue weighted by atomic mass is 10.0. The highest BCUT2D eigenvalue weighted by atomic mass is 16.1. The van der Waals surface area contributed by atoms with Gasteiger partial charge in [-0.25, -0.2) is 9.97 Å². The van der Waals surface area contributed by atoms with E-state index in [-0.39, 0.29) is 11.8 Å². The molecule has 116 valence electrons. The molecule has 6 heteroatoms. The zero-order chi connectivity index (χ0) is 15.8. The third-order valence-corrected chi connectivity index (χ3v) is 4.25. The Kier molecular flexibility index (Phi) is 3.31. The van der Waals surface area contributed by atoms with Crippen molar-refractivity contribution in [3.8, 4) is 0 Å².